The molecule has 0 saturated carbocycles. The summed E-state index contributed by atoms with van der Waals surface area (Å²) in [6.07, 6.45) is 0.946. The molecule has 0 radical (unpaired) electrons. The van der Waals surface area contributed by atoms with Crippen molar-refractivity contribution in [3.8, 4) is 11.3 Å². The van der Waals surface area contributed by atoms with Crippen molar-refractivity contribution < 1.29 is 4.74 Å². The van der Waals surface area contributed by atoms with Crippen LogP contribution in [0, 0.1) is 0 Å². The maximum absolute atomic E-state index is 5.09. The highest BCUT2D eigenvalue weighted by Gasteiger charge is 2.10. The topological polar surface area (TPSA) is 50.3 Å². The average molecular weight is 314 g/mol. The van der Waals surface area contributed by atoms with Crippen molar-refractivity contribution in [1.29, 1.82) is 0 Å². The van der Waals surface area contributed by atoms with Gasteiger partial charge in [0.15, 0.2) is 0 Å². The zero-order valence-electron chi connectivity index (χ0n) is 14.2. The van der Waals surface area contributed by atoms with Crippen molar-refractivity contribution in [2.24, 2.45) is 0 Å². The van der Waals surface area contributed by atoms with Gasteiger partial charge in [-0.2, -0.15) is 4.98 Å². The van der Waals surface area contributed by atoms with E-state index in [1.54, 1.807) is 7.11 Å². The molecule has 0 aliphatic rings. The van der Waals surface area contributed by atoms with Gasteiger partial charge in [0.2, 0.25) is 5.95 Å². The summed E-state index contributed by atoms with van der Waals surface area (Å²) in [6.45, 7) is 7.58. The summed E-state index contributed by atoms with van der Waals surface area (Å²) in [4.78, 5) is 11.6. The second-order valence-corrected chi connectivity index (χ2v) is 5.25. The van der Waals surface area contributed by atoms with Crippen LogP contribution in [0.2, 0.25) is 0 Å². The molecule has 1 aromatic carbocycles. The molecule has 1 N–H and O–H groups in total. The van der Waals surface area contributed by atoms with Crippen LogP contribution in [0.25, 0.3) is 11.3 Å². The molecule has 124 valence electrons. The van der Waals surface area contributed by atoms with E-state index in [4.69, 9.17) is 9.72 Å². The van der Waals surface area contributed by atoms with Crippen LogP contribution in [0.5, 0.6) is 0 Å². The molecule has 2 rings (SSSR count). The molecule has 5 heteroatoms. The third-order valence-electron chi connectivity index (χ3n) is 3.66. The molecule has 1 aromatic heterocycles. The summed E-state index contributed by atoms with van der Waals surface area (Å²) < 4.78 is 5.09. The molecule has 0 fully saturated rings. The number of nitrogens with zero attached hydrogens (tertiary/aromatic N) is 3. The van der Waals surface area contributed by atoms with E-state index in [1.165, 1.54) is 0 Å². The quantitative estimate of drug-likeness (QED) is 0.719. The molecule has 2 aromatic rings. The van der Waals surface area contributed by atoms with E-state index in [0.29, 0.717) is 0 Å². The van der Waals surface area contributed by atoms with E-state index in [9.17, 15) is 0 Å². The van der Waals surface area contributed by atoms with Crippen LogP contribution >= 0.6 is 0 Å². The van der Waals surface area contributed by atoms with Crippen LogP contribution in [0.3, 0.4) is 0 Å². The van der Waals surface area contributed by atoms with E-state index >= 15 is 0 Å². The summed E-state index contributed by atoms with van der Waals surface area (Å²) in [5.41, 5.74) is 2.04. The zero-order valence-corrected chi connectivity index (χ0v) is 14.2. The van der Waals surface area contributed by atoms with Crippen LogP contribution in [0.1, 0.15) is 20.3 Å². The predicted molar refractivity (Wildman–Crippen MR) is 96.0 cm³/mol. The molecule has 0 saturated heterocycles. The van der Waals surface area contributed by atoms with Crippen LogP contribution in [0.4, 0.5) is 11.8 Å². The van der Waals surface area contributed by atoms with Gasteiger partial charge in [-0.25, -0.2) is 4.98 Å². The van der Waals surface area contributed by atoms with Gasteiger partial charge in [0, 0.05) is 45.0 Å². The van der Waals surface area contributed by atoms with Crippen molar-refractivity contribution >= 4 is 11.8 Å². The van der Waals surface area contributed by atoms with E-state index < -0.39 is 0 Å². The summed E-state index contributed by atoms with van der Waals surface area (Å²) in [6, 6.07) is 12.2. The standard InChI is InChI=1S/C18H26N4O/c1-4-22(5-2)18-20-16(15-10-7-6-8-11-15)14-17(21-18)19-12-9-13-23-3/h6-8,10-11,14H,4-5,9,12-13H2,1-3H3,(H,19,20,21). The van der Waals surface area contributed by atoms with Crippen LogP contribution in [-0.2, 0) is 4.74 Å². The van der Waals surface area contributed by atoms with Gasteiger partial charge in [0.05, 0.1) is 5.69 Å². The lowest BCUT2D eigenvalue weighted by molar-refractivity contribution is 0.198. The van der Waals surface area contributed by atoms with Crippen molar-refractivity contribution in [3.63, 3.8) is 0 Å². The largest absolute Gasteiger partial charge is 0.385 e. The first-order valence-corrected chi connectivity index (χ1v) is 8.20. The van der Waals surface area contributed by atoms with Gasteiger partial charge in [-0.3, -0.25) is 0 Å². The first-order valence-electron chi connectivity index (χ1n) is 8.20. The van der Waals surface area contributed by atoms with Gasteiger partial charge >= 0.3 is 0 Å². The Morgan fingerprint density at radius 2 is 1.83 bits per heavy atom. The van der Waals surface area contributed by atoms with Crippen molar-refractivity contribution in [2.45, 2.75) is 20.3 Å². The molecule has 0 spiro atoms. The van der Waals surface area contributed by atoms with Crippen LogP contribution < -0.4 is 10.2 Å². The highest BCUT2D eigenvalue weighted by Crippen LogP contribution is 2.22. The lowest BCUT2D eigenvalue weighted by atomic mass is 10.1. The number of anilines is 2. The minimum atomic E-state index is 0.743. The van der Waals surface area contributed by atoms with Crippen molar-refractivity contribution in [1.82, 2.24) is 9.97 Å². The highest BCUT2D eigenvalue weighted by atomic mass is 16.5. The van der Waals surface area contributed by atoms with Gasteiger partial charge in [-0.05, 0) is 20.3 Å². The fourth-order valence-corrected chi connectivity index (χ4v) is 2.36. The first-order chi connectivity index (χ1) is 11.3. The Labute approximate surface area is 138 Å². The fourth-order valence-electron chi connectivity index (χ4n) is 2.36. The number of benzene rings is 1. The molecule has 0 aliphatic carbocycles. The van der Waals surface area contributed by atoms with E-state index in [2.05, 4.69) is 41.2 Å². The summed E-state index contributed by atoms with van der Waals surface area (Å²) in [7, 11) is 1.72. The number of rotatable bonds is 9. The van der Waals surface area contributed by atoms with Gasteiger partial charge < -0.3 is 15.0 Å². The summed E-state index contributed by atoms with van der Waals surface area (Å²) >= 11 is 0. The predicted octanol–water partition coefficient (Wildman–Crippen LogP) is 3.44. The Morgan fingerprint density at radius 1 is 1.09 bits per heavy atom. The molecule has 0 bridgehead atoms. The van der Waals surface area contributed by atoms with Gasteiger partial charge in [-0.15, -0.1) is 0 Å². The van der Waals surface area contributed by atoms with Crippen molar-refractivity contribution in [2.75, 3.05) is 43.6 Å². The first kappa shape index (κ1) is 17.2. The smallest absolute Gasteiger partial charge is 0.227 e. The van der Waals surface area contributed by atoms with Crippen molar-refractivity contribution in [3.05, 3.63) is 36.4 Å². The van der Waals surface area contributed by atoms with Gasteiger partial charge in [0.1, 0.15) is 5.82 Å². The molecule has 0 amide bonds. The zero-order chi connectivity index (χ0) is 16.5. The molecule has 23 heavy (non-hydrogen) atoms. The Hall–Kier alpha value is -2.14. The Bertz CT molecular complexity index is 585. The Kier molecular flexibility index (Phi) is 6.81. The Balaban J connectivity index is 2.28. The summed E-state index contributed by atoms with van der Waals surface area (Å²) in [5.74, 6) is 1.63. The third-order valence-corrected chi connectivity index (χ3v) is 3.66. The third kappa shape index (κ3) is 4.93. The monoisotopic (exact) mass is 314 g/mol. The molecule has 0 atom stereocenters. The molecular formula is C18H26N4O. The molecule has 0 aliphatic heterocycles. The number of ether oxygens (including phenoxy) is 1. The maximum atomic E-state index is 5.09. The lowest BCUT2D eigenvalue weighted by Gasteiger charge is -2.20. The second kappa shape index (κ2) is 9.10. The number of hydrogen-bond donors (Lipinski definition) is 1. The second-order valence-electron chi connectivity index (χ2n) is 5.25. The minimum absolute atomic E-state index is 0.743. The maximum Gasteiger partial charge on any atom is 0.227 e. The molecule has 5 nitrogen and oxygen atoms in total. The normalized spacial score (nSPS) is 10.6. The van der Waals surface area contributed by atoms with Gasteiger partial charge in [-0.1, -0.05) is 30.3 Å². The van der Waals surface area contributed by atoms with E-state index in [0.717, 1.165) is 55.7 Å². The highest BCUT2D eigenvalue weighted by molar-refractivity contribution is 5.64. The Morgan fingerprint density at radius 3 is 2.48 bits per heavy atom. The number of nitrogens with one attached hydrogen (secondary N) is 1. The molecular weight excluding hydrogens is 288 g/mol. The van der Waals surface area contributed by atoms with E-state index in [-0.39, 0.29) is 0 Å². The van der Waals surface area contributed by atoms with Gasteiger partial charge in [0.25, 0.3) is 0 Å². The van der Waals surface area contributed by atoms with E-state index in [1.807, 2.05) is 24.3 Å². The SMILES string of the molecule is CCN(CC)c1nc(NCCCOC)cc(-c2ccccc2)n1. The number of hydrogen-bond acceptors (Lipinski definition) is 5. The minimum Gasteiger partial charge on any atom is -0.385 e. The molecule has 0 unspecified atom stereocenters. The fraction of sp³-hybridized carbons (Fsp3) is 0.444. The average Bonchev–Trinajstić information content (AvgIpc) is 2.60. The van der Waals surface area contributed by atoms with Crippen LogP contribution in [0.15, 0.2) is 36.4 Å². The number of methoxy groups -OCH3 is 1. The molecule has 1 heterocycles. The van der Waals surface area contributed by atoms with Crippen LogP contribution in [-0.4, -0.2) is 43.3 Å². The lowest BCUT2D eigenvalue weighted by Crippen LogP contribution is -2.24. The number of aromatic nitrogens is 2. The summed E-state index contributed by atoms with van der Waals surface area (Å²) in [5, 5.41) is 3.38.